The number of benzene rings is 2. The van der Waals surface area contributed by atoms with Gasteiger partial charge in [-0.15, -0.1) is 0 Å². The van der Waals surface area contributed by atoms with Gasteiger partial charge in [-0.1, -0.05) is 23.7 Å². The first-order valence-corrected chi connectivity index (χ1v) is 8.13. The van der Waals surface area contributed by atoms with Crippen molar-refractivity contribution in [1.82, 2.24) is 0 Å². The molecule has 1 amide bonds. The molecule has 0 radical (unpaired) electrons. The zero-order chi connectivity index (χ0) is 20.1. The first-order valence-electron chi connectivity index (χ1n) is 7.76. The minimum absolute atomic E-state index is 0.107. The number of esters is 1. The molecule has 2 aromatic rings. The van der Waals surface area contributed by atoms with Crippen LogP contribution >= 0.6 is 11.6 Å². The quantitative estimate of drug-likeness (QED) is 0.348. The number of carbonyl (C=O) groups is 3. The summed E-state index contributed by atoms with van der Waals surface area (Å²) in [7, 11) is 0. The summed E-state index contributed by atoms with van der Waals surface area (Å²) in [6, 6.07) is 9.74. The number of amides is 1. The maximum Gasteiger partial charge on any atom is 0.339 e. The minimum Gasteiger partial charge on any atom is -0.449 e. The number of anilines is 1. The van der Waals surface area contributed by atoms with Gasteiger partial charge < -0.3 is 10.1 Å². The summed E-state index contributed by atoms with van der Waals surface area (Å²) in [5, 5.41) is 13.3. The van der Waals surface area contributed by atoms with Crippen LogP contribution in [0.3, 0.4) is 0 Å². The molecule has 1 atom stereocenters. The fourth-order valence-electron chi connectivity index (χ4n) is 2.12. The summed E-state index contributed by atoms with van der Waals surface area (Å²) in [6.07, 6.45) is -1.17. The summed E-state index contributed by atoms with van der Waals surface area (Å²) in [6.45, 7) is 2.75. The van der Waals surface area contributed by atoms with Crippen molar-refractivity contribution in [1.29, 1.82) is 0 Å². The van der Waals surface area contributed by atoms with E-state index in [1.165, 1.54) is 32.0 Å². The van der Waals surface area contributed by atoms with E-state index in [0.29, 0.717) is 11.3 Å². The van der Waals surface area contributed by atoms with Crippen molar-refractivity contribution in [2.45, 2.75) is 20.0 Å². The maximum atomic E-state index is 12.2. The van der Waals surface area contributed by atoms with Gasteiger partial charge in [0.05, 0.1) is 10.5 Å². The highest BCUT2D eigenvalue weighted by molar-refractivity contribution is 6.32. The van der Waals surface area contributed by atoms with Gasteiger partial charge >= 0.3 is 5.97 Å². The molecule has 0 bridgehead atoms. The predicted molar refractivity (Wildman–Crippen MR) is 98.1 cm³/mol. The number of ether oxygens (including phenoxy) is 1. The molecular weight excluding hydrogens is 376 g/mol. The lowest BCUT2D eigenvalue weighted by Crippen LogP contribution is -2.30. The predicted octanol–water partition coefficient (Wildman–Crippen LogP) is 3.63. The van der Waals surface area contributed by atoms with Crippen LogP contribution in [0.5, 0.6) is 0 Å². The molecule has 0 spiro atoms. The van der Waals surface area contributed by atoms with Crippen LogP contribution in [0.4, 0.5) is 11.4 Å². The van der Waals surface area contributed by atoms with E-state index in [1.54, 1.807) is 18.2 Å². The lowest BCUT2D eigenvalue weighted by atomic mass is 10.1. The number of carbonyl (C=O) groups excluding carboxylic acids is 3. The smallest absolute Gasteiger partial charge is 0.339 e. The van der Waals surface area contributed by atoms with Crippen LogP contribution in [0.15, 0.2) is 42.5 Å². The Hall–Kier alpha value is -3.26. The Morgan fingerprint density at radius 3 is 2.48 bits per heavy atom. The van der Waals surface area contributed by atoms with Crippen LogP contribution in [-0.4, -0.2) is 28.7 Å². The van der Waals surface area contributed by atoms with E-state index in [1.807, 2.05) is 0 Å². The number of nitrogens with zero attached hydrogens (tertiary/aromatic N) is 1. The molecule has 0 saturated carbocycles. The molecule has 0 unspecified atom stereocenters. The van der Waals surface area contributed by atoms with Gasteiger partial charge in [-0.05, 0) is 38.1 Å². The lowest BCUT2D eigenvalue weighted by molar-refractivity contribution is -0.384. The molecule has 0 heterocycles. The van der Waals surface area contributed by atoms with Gasteiger partial charge in [-0.2, -0.15) is 0 Å². The molecule has 2 rings (SSSR count). The Balaban J connectivity index is 2.07. The van der Waals surface area contributed by atoms with Crippen molar-refractivity contribution in [3.8, 4) is 0 Å². The largest absolute Gasteiger partial charge is 0.449 e. The highest BCUT2D eigenvalue weighted by atomic mass is 35.5. The topological polar surface area (TPSA) is 116 Å². The van der Waals surface area contributed by atoms with Crippen molar-refractivity contribution in [3.63, 3.8) is 0 Å². The van der Waals surface area contributed by atoms with E-state index >= 15 is 0 Å². The van der Waals surface area contributed by atoms with Crippen molar-refractivity contribution >= 4 is 40.6 Å². The van der Waals surface area contributed by atoms with Crippen LogP contribution in [0.2, 0.25) is 5.02 Å². The van der Waals surface area contributed by atoms with Crippen LogP contribution in [0.25, 0.3) is 0 Å². The summed E-state index contributed by atoms with van der Waals surface area (Å²) in [5.74, 6) is -1.68. The third-order valence-corrected chi connectivity index (χ3v) is 3.89. The second-order valence-corrected chi connectivity index (χ2v) is 6.00. The normalized spacial score (nSPS) is 11.4. The number of ketones is 1. The first kappa shape index (κ1) is 20.1. The van der Waals surface area contributed by atoms with Crippen LogP contribution < -0.4 is 5.32 Å². The molecule has 0 fully saturated rings. The van der Waals surface area contributed by atoms with Crippen LogP contribution in [0.1, 0.15) is 34.6 Å². The van der Waals surface area contributed by atoms with Gasteiger partial charge in [0.1, 0.15) is 5.02 Å². The fourth-order valence-corrected chi connectivity index (χ4v) is 2.31. The molecule has 8 nitrogen and oxygen atoms in total. The molecule has 1 N–H and O–H groups in total. The average molecular weight is 391 g/mol. The zero-order valence-electron chi connectivity index (χ0n) is 14.4. The molecular formula is C18H15ClN2O6. The van der Waals surface area contributed by atoms with E-state index in [2.05, 4.69) is 5.32 Å². The monoisotopic (exact) mass is 390 g/mol. The van der Waals surface area contributed by atoms with Gasteiger partial charge in [-0.3, -0.25) is 19.7 Å². The van der Waals surface area contributed by atoms with Crippen molar-refractivity contribution in [2.75, 3.05) is 5.32 Å². The Morgan fingerprint density at radius 2 is 1.85 bits per heavy atom. The molecule has 2 aromatic carbocycles. The third-order valence-electron chi connectivity index (χ3n) is 3.57. The fraction of sp³-hybridized carbons (Fsp3) is 0.167. The van der Waals surface area contributed by atoms with Crippen molar-refractivity contribution in [3.05, 3.63) is 68.7 Å². The lowest BCUT2D eigenvalue weighted by Gasteiger charge is -2.14. The standard InChI is InChI=1S/C18H15ClN2O6/c1-10(22)12-4-3-5-14(8-12)20-17(23)11(2)27-18(24)13-6-7-15(19)16(9-13)21(25)26/h3-9,11H,1-2H3,(H,20,23)/t11-/m0/s1. The second kappa shape index (κ2) is 8.41. The van der Waals surface area contributed by atoms with Gasteiger partial charge in [0.2, 0.25) is 0 Å². The number of nitro benzene ring substituents is 1. The average Bonchev–Trinajstić information content (AvgIpc) is 2.61. The molecule has 0 aliphatic carbocycles. The highest BCUT2D eigenvalue weighted by Crippen LogP contribution is 2.25. The van der Waals surface area contributed by atoms with Gasteiger partial charge in [0, 0.05) is 17.3 Å². The Morgan fingerprint density at radius 1 is 1.15 bits per heavy atom. The Bertz CT molecular complexity index is 928. The van der Waals surface area contributed by atoms with Crippen molar-refractivity contribution < 1.29 is 24.0 Å². The van der Waals surface area contributed by atoms with Gasteiger partial charge in [0.15, 0.2) is 11.9 Å². The second-order valence-electron chi connectivity index (χ2n) is 5.60. The minimum atomic E-state index is -1.17. The molecule has 0 aliphatic rings. The Labute approximate surface area is 159 Å². The Kier molecular flexibility index (Phi) is 6.25. The number of nitrogens with one attached hydrogen (secondary N) is 1. The maximum absolute atomic E-state index is 12.2. The van der Waals surface area contributed by atoms with E-state index in [0.717, 1.165) is 6.07 Å². The zero-order valence-corrected chi connectivity index (χ0v) is 15.1. The van der Waals surface area contributed by atoms with Gasteiger partial charge in [-0.25, -0.2) is 4.79 Å². The van der Waals surface area contributed by atoms with Crippen LogP contribution in [-0.2, 0) is 9.53 Å². The summed E-state index contributed by atoms with van der Waals surface area (Å²) in [4.78, 5) is 45.9. The first-order chi connectivity index (χ1) is 12.7. The van der Waals surface area contributed by atoms with E-state index < -0.39 is 28.6 Å². The van der Waals surface area contributed by atoms with E-state index in [-0.39, 0.29) is 16.4 Å². The number of hydrogen-bond acceptors (Lipinski definition) is 6. The summed E-state index contributed by atoms with van der Waals surface area (Å²) < 4.78 is 5.04. The van der Waals surface area contributed by atoms with E-state index in [9.17, 15) is 24.5 Å². The molecule has 0 saturated heterocycles. The molecule has 0 aliphatic heterocycles. The van der Waals surface area contributed by atoms with E-state index in [4.69, 9.17) is 16.3 Å². The van der Waals surface area contributed by atoms with Crippen molar-refractivity contribution in [2.24, 2.45) is 0 Å². The molecule has 140 valence electrons. The molecule has 27 heavy (non-hydrogen) atoms. The molecule has 9 heteroatoms. The summed E-state index contributed by atoms with van der Waals surface area (Å²) in [5.41, 5.74) is 0.247. The third kappa shape index (κ3) is 5.11. The number of nitro groups is 1. The summed E-state index contributed by atoms with van der Waals surface area (Å²) >= 11 is 5.70. The number of Topliss-reactive ketones (excluding diaryl/α,β-unsaturated/α-hetero) is 1. The molecule has 0 aromatic heterocycles. The highest BCUT2D eigenvalue weighted by Gasteiger charge is 2.22. The number of rotatable bonds is 6. The van der Waals surface area contributed by atoms with Crippen LogP contribution in [0, 0.1) is 10.1 Å². The van der Waals surface area contributed by atoms with Gasteiger partial charge in [0.25, 0.3) is 11.6 Å². The SMILES string of the molecule is CC(=O)c1cccc(NC(=O)[C@H](C)OC(=O)c2ccc(Cl)c([N+](=O)[O-])c2)c1. The number of hydrogen-bond donors (Lipinski definition) is 1. The number of halogens is 1.